The van der Waals surface area contributed by atoms with E-state index < -0.39 is 0 Å². The smallest absolute Gasteiger partial charge is 0.0638 e. The summed E-state index contributed by atoms with van der Waals surface area (Å²) < 4.78 is 0. The van der Waals surface area contributed by atoms with Crippen molar-refractivity contribution in [3.63, 3.8) is 0 Å². The predicted octanol–water partition coefficient (Wildman–Crippen LogP) is 12.8. The maximum Gasteiger partial charge on any atom is 0.0638 e. The molecule has 0 radical (unpaired) electrons. The molecule has 0 amide bonds. The Morgan fingerprint density at radius 3 is 1.77 bits per heavy atom. The quantitative estimate of drug-likeness (QED) is 0.177. The summed E-state index contributed by atoms with van der Waals surface area (Å²) >= 11 is 0. The Labute approximate surface area is 277 Å². The zero-order valence-corrected chi connectivity index (χ0v) is 32.3. The zero-order valence-electron chi connectivity index (χ0n) is 31.4. The minimum Gasteiger partial charge on any atom is -0.326 e. The van der Waals surface area contributed by atoms with Crippen LogP contribution >= 0.6 is 8.20 Å². The topological polar surface area (TPSA) is 38.4 Å². The molecule has 0 atom stereocenters. The van der Waals surface area contributed by atoms with E-state index in [4.69, 9.17) is 5.73 Å². The van der Waals surface area contributed by atoms with E-state index >= 15 is 0 Å². The van der Waals surface area contributed by atoms with Gasteiger partial charge in [-0.1, -0.05) is 99.9 Å². The van der Waals surface area contributed by atoms with Gasteiger partial charge in [0.1, 0.15) is 0 Å². The number of aliphatic imine (C=N–C) groups is 1. The van der Waals surface area contributed by atoms with Crippen LogP contribution in [0.25, 0.3) is 0 Å². The summed E-state index contributed by atoms with van der Waals surface area (Å²) in [5.41, 5.74) is 16.3. The lowest BCUT2D eigenvalue weighted by Crippen LogP contribution is -2.26. The molecule has 2 aromatic rings. The largest absolute Gasteiger partial charge is 0.326 e. The molecule has 1 fully saturated rings. The fraction of sp³-hybridized carbons (Fsp3) is 0.610. The van der Waals surface area contributed by atoms with E-state index in [2.05, 4.69) is 103 Å². The molecule has 0 heterocycles. The fourth-order valence-electron chi connectivity index (χ4n) is 5.01. The molecular formula is C41H71N2P. The summed E-state index contributed by atoms with van der Waals surface area (Å²) in [6, 6.07) is 13.4. The van der Waals surface area contributed by atoms with Gasteiger partial charge in [0.25, 0.3) is 0 Å². The maximum atomic E-state index is 5.35. The highest BCUT2D eigenvalue weighted by Gasteiger charge is 2.18. The van der Waals surface area contributed by atoms with Crippen molar-refractivity contribution in [1.29, 1.82) is 0 Å². The van der Waals surface area contributed by atoms with Crippen molar-refractivity contribution in [1.82, 2.24) is 0 Å². The number of nitrogens with zero attached hydrogens (tertiary/aromatic N) is 1. The van der Waals surface area contributed by atoms with Crippen LogP contribution in [0.3, 0.4) is 0 Å². The Hall–Kier alpha value is -2.02. The molecule has 2 N–H and O–H groups in total. The van der Waals surface area contributed by atoms with Crippen molar-refractivity contribution in [3.8, 4) is 0 Å². The summed E-state index contributed by atoms with van der Waals surface area (Å²) in [4.78, 5) is 4.38. The molecular weight excluding hydrogens is 551 g/mol. The Balaban J connectivity index is 0. The van der Waals surface area contributed by atoms with Gasteiger partial charge in [0.15, 0.2) is 0 Å². The molecule has 0 saturated heterocycles. The van der Waals surface area contributed by atoms with E-state index in [1.54, 1.807) is 5.56 Å². The Morgan fingerprint density at radius 1 is 0.886 bits per heavy atom. The van der Waals surface area contributed by atoms with Crippen molar-refractivity contribution < 1.29 is 0 Å². The first kappa shape index (κ1) is 44.1. The average Bonchev–Trinajstić information content (AvgIpc) is 3.44. The van der Waals surface area contributed by atoms with Crippen LogP contribution in [0.4, 0.5) is 0 Å². The second-order valence-corrected chi connectivity index (χ2v) is 14.5. The highest BCUT2D eigenvalue weighted by Crippen LogP contribution is 2.35. The predicted molar refractivity (Wildman–Crippen MR) is 208 cm³/mol. The summed E-state index contributed by atoms with van der Waals surface area (Å²) in [6.07, 6.45) is 14.4. The number of hydrogen-bond donors (Lipinski definition) is 1. The molecule has 1 aliphatic rings. The number of nitrogens with two attached hydrogens (primary N) is 1. The van der Waals surface area contributed by atoms with Gasteiger partial charge in [-0.25, -0.2) is 0 Å². The Morgan fingerprint density at radius 2 is 1.39 bits per heavy atom. The van der Waals surface area contributed by atoms with E-state index in [0.29, 0.717) is 0 Å². The van der Waals surface area contributed by atoms with Crippen molar-refractivity contribution in [2.45, 2.75) is 152 Å². The monoisotopic (exact) mass is 623 g/mol. The third-order valence-corrected chi connectivity index (χ3v) is 7.34. The van der Waals surface area contributed by atoms with Gasteiger partial charge in [0.2, 0.25) is 0 Å². The highest BCUT2D eigenvalue weighted by molar-refractivity contribution is 7.35. The lowest BCUT2D eigenvalue weighted by molar-refractivity contribution is 0.505. The number of hydrogen-bond acceptors (Lipinski definition) is 2. The van der Waals surface area contributed by atoms with Crippen LogP contribution in [0.5, 0.6) is 0 Å². The van der Waals surface area contributed by atoms with E-state index in [1.807, 2.05) is 41.3 Å². The van der Waals surface area contributed by atoms with Crippen LogP contribution in [0.15, 0.2) is 53.5 Å². The highest BCUT2D eigenvalue weighted by atomic mass is 31.1. The van der Waals surface area contributed by atoms with Crippen LogP contribution in [0.2, 0.25) is 0 Å². The van der Waals surface area contributed by atoms with Gasteiger partial charge in [-0.15, -0.1) is 8.20 Å². The molecule has 0 aromatic heterocycles. The molecule has 3 rings (SSSR count). The molecule has 3 heteroatoms. The van der Waals surface area contributed by atoms with Gasteiger partial charge in [-0.05, 0) is 141 Å². The molecule has 1 aliphatic carbocycles. The molecule has 250 valence electrons. The number of rotatable bonds is 8. The first-order valence-electron chi connectivity index (χ1n) is 16.9. The first-order chi connectivity index (χ1) is 20.5. The molecule has 0 unspecified atom stereocenters. The number of allylic oxidation sites excluding steroid dienone is 1. The van der Waals surface area contributed by atoms with Gasteiger partial charge < -0.3 is 5.73 Å². The van der Waals surface area contributed by atoms with Crippen LogP contribution in [-0.4, -0.2) is 24.2 Å². The minimum absolute atomic E-state index is 0. The molecule has 1 saturated carbocycles. The van der Waals surface area contributed by atoms with Crippen molar-refractivity contribution >= 4 is 20.2 Å². The van der Waals surface area contributed by atoms with Crippen LogP contribution in [0.1, 0.15) is 146 Å². The van der Waals surface area contributed by atoms with Gasteiger partial charge in [-0.3, -0.25) is 4.99 Å². The first-order valence-corrected chi connectivity index (χ1v) is 18.4. The minimum atomic E-state index is 0. The second kappa shape index (κ2) is 25.2. The standard InChI is InChI=1S/C13H18.C12H17N.C10H20.C4H11N.C2H5P/c1-10-7-8-13(11(2)9-10)12-5-3-4-6-12;1-9(2)13-8-12-6-5-10(3)11(4)7-12;1-5-7-10(8-6-2)9(3)4;1-4(2,3)5;1-3-2/h7-9,12H,3-6H2,1-2H3;5-7H,8H2,1-4H3;10H,3,5-8H2,1-2,4H3;5H2,1-3H3;1H2,2H3. The van der Waals surface area contributed by atoms with Crippen LogP contribution < -0.4 is 5.73 Å². The molecule has 2 aromatic carbocycles. The molecule has 0 spiro atoms. The van der Waals surface area contributed by atoms with Crippen molar-refractivity contribution in [2.24, 2.45) is 16.6 Å². The Kier molecular flexibility index (Phi) is 25.3. The molecule has 44 heavy (non-hydrogen) atoms. The normalized spacial score (nSPS) is 12.4. The van der Waals surface area contributed by atoms with Gasteiger partial charge >= 0.3 is 0 Å². The van der Waals surface area contributed by atoms with Crippen molar-refractivity contribution in [3.05, 3.63) is 81.9 Å². The lowest BCUT2D eigenvalue weighted by Gasteiger charge is -2.14. The van der Waals surface area contributed by atoms with E-state index in [9.17, 15) is 0 Å². The molecule has 2 nitrogen and oxygen atoms in total. The second-order valence-electron chi connectivity index (χ2n) is 13.8. The average molecular weight is 623 g/mol. The van der Waals surface area contributed by atoms with Crippen molar-refractivity contribution in [2.75, 3.05) is 6.66 Å². The third kappa shape index (κ3) is 24.3. The van der Waals surface area contributed by atoms with E-state index in [1.165, 1.54) is 93.0 Å². The SMILES string of the molecule is C=C(C)C(CCC)CCC.C=PC.CC(C)(C)N.CC(C)=NCc1ccc(C)c(C)c1.Cc1ccc(C2CCCC2)c(C)c1. The van der Waals surface area contributed by atoms with Gasteiger partial charge in [0.05, 0.1) is 6.54 Å². The summed E-state index contributed by atoms with van der Waals surface area (Å²) in [5.74, 6) is 1.65. The zero-order chi connectivity index (χ0) is 34.3. The van der Waals surface area contributed by atoms with Gasteiger partial charge in [0, 0.05) is 11.3 Å². The van der Waals surface area contributed by atoms with Gasteiger partial charge in [-0.2, -0.15) is 0 Å². The third-order valence-electron chi connectivity index (χ3n) is 7.34. The maximum absolute atomic E-state index is 5.35. The van der Waals surface area contributed by atoms with Crippen LogP contribution in [0, 0.1) is 33.6 Å². The number of aryl methyl sites for hydroxylation is 4. The summed E-state index contributed by atoms with van der Waals surface area (Å²) in [7, 11) is 1.17. The molecule has 0 bridgehead atoms. The summed E-state index contributed by atoms with van der Waals surface area (Å²) in [6.45, 7) is 32.1. The summed E-state index contributed by atoms with van der Waals surface area (Å²) in [5, 5.41) is 0. The van der Waals surface area contributed by atoms with Crippen LogP contribution in [-0.2, 0) is 6.54 Å². The number of benzene rings is 2. The lowest BCUT2D eigenvalue weighted by atomic mass is 9.92. The molecule has 0 aliphatic heterocycles. The fourth-order valence-corrected chi connectivity index (χ4v) is 5.01. The van der Waals surface area contributed by atoms with E-state index in [-0.39, 0.29) is 5.54 Å². The van der Waals surface area contributed by atoms with E-state index in [0.717, 1.165) is 24.1 Å². The Bertz CT molecular complexity index is 1070.